The Balaban J connectivity index is 1.52. The molecule has 2 aromatic rings. The van der Waals surface area contributed by atoms with Crippen molar-refractivity contribution < 1.29 is 9.59 Å². The summed E-state index contributed by atoms with van der Waals surface area (Å²) in [6.07, 6.45) is 1.59. The van der Waals surface area contributed by atoms with Crippen molar-refractivity contribution in [3.8, 4) is 0 Å². The van der Waals surface area contributed by atoms with E-state index < -0.39 is 0 Å². The lowest BCUT2D eigenvalue weighted by Crippen LogP contribution is -2.37. The number of piperidine rings is 1. The van der Waals surface area contributed by atoms with Gasteiger partial charge in [0.25, 0.3) is 0 Å². The molecule has 0 radical (unpaired) electrons. The number of carbonyl (C=O) groups excluding carboxylic acids is 2. The van der Waals surface area contributed by atoms with E-state index in [1.807, 2.05) is 18.2 Å². The van der Waals surface area contributed by atoms with E-state index in [-0.39, 0.29) is 17.7 Å². The molecule has 0 saturated carbocycles. The van der Waals surface area contributed by atoms with Gasteiger partial charge in [-0.15, -0.1) is 0 Å². The normalized spacial score (nSPS) is 15.2. The third kappa shape index (κ3) is 5.71. The average molecular weight is 420 g/mol. The van der Waals surface area contributed by atoms with Crippen LogP contribution in [0.15, 0.2) is 42.5 Å². The van der Waals surface area contributed by atoms with Crippen LogP contribution >= 0.6 is 23.2 Å². The van der Waals surface area contributed by atoms with E-state index in [9.17, 15) is 9.59 Å². The number of hydrogen-bond donors (Lipinski definition) is 2. The molecular formula is C21H23Cl2N3O2. The van der Waals surface area contributed by atoms with Crippen LogP contribution in [0.3, 0.4) is 0 Å². The molecule has 0 unspecified atom stereocenters. The Labute approximate surface area is 175 Å². The van der Waals surface area contributed by atoms with Crippen molar-refractivity contribution in [2.75, 3.05) is 23.7 Å². The van der Waals surface area contributed by atoms with E-state index in [0.717, 1.165) is 38.0 Å². The summed E-state index contributed by atoms with van der Waals surface area (Å²) in [6.45, 7) is 3.88. The highest BCUT2D eigenvalue weighted by molar-refractivity contribution is 6.35. The fourth-order valence-electron chi connectivity index (χ4n) is 3.37. The van der Waals surface area contributed by atoms with Gasteiger partial charge in [-0.3, -0.25) is 14.5 Å². The summed E-state index contributed by atoms with van der Waals surface area (Å²) in [5.41, 5.74) is 2.40. The topological polar surface area (TPSA) is 61.4 Å². The van der Waals surface area contributed by atoms with Gasteiger partial charge in [-0.2, -0.15) is 0 Å². The van der Waals surface area contributed by atoms with Gasteiger partial charge in [0.2, 0.25) is 11.8 Å². The second-order valence-electron chi connectivity index (χ2n) is 7.04. The molecule has 2 aromatic carbocycles. The molecule has 0 atom stereocenters. The molecule has 28 heavy (non-hydrogen) atoms. The maximum Gasteiger partial charge on any atom is 0.227 e. The number of carbonyl (C=O) groups is 2. The fourth-order valence-corrected chi connectivity index (χ4v) is 3.83. The monoisotopic (exact) mass is 419 g/mol. The zero-order valence-electron chi connectivity index (χ0n) is 15.7. The first-order valence-corrected chi connectivity index (χ1v) is 10.0. The molecule has 5 nitrogen and oxygen atoms in total. The number of anilines is 2. The Bertz CT molecular complexity index is 864. The number of nitrogens with one attached hydrogen (secondary N) is 2. The highest BCUT2D eigenvalue weighted by Crippen LogP contribution is 2.26. The Hall–Kier alpha value is -2.08. The van der Waals surface area contributed by atoms with Crippen molar-refractivity contribution in [1.82, 2.24) is 4.90 Å². The molecule has 0 spiro atoms. The summed E-state index contributed by atoms with van der Waals surface area (Å²) in [5.74, 6) is -0.151. The Morgan fingerprint density at radius 2 is 1.71 bits per heavy atom. The molecule has 1 aliphatic rings. The molecule has 1 fully saturated rings. The van der Waals surface area contributed by atoms with E-state index in [1.54, 1.807) is 24.3 Å². The van der Waals surface area contributed by atoms with Gasteiger partial charge < -0.3 is 10.6 Å². The highest BCUT2D eigenvalue weighted by atomic mass is 35.5. The minimum atomic E-state index is -0.142. The van der Waals surface area contributed by atoms with Crippen LogP contribution in [-0.4, -0.2) is 29.8 Å². The number of likely N-dealkylation sites (tertiary alicyclic amines) is 1. The third-order valence-corrected chi connectivity index (χ3v) is 5.40. The first kappa shape index (κ1) is 20.6. The standard InChI is InChI=1S/C21H23Cl2N3O2/c1-14(27)24-18-3-2-4-19(12-18)25-21(28)15-7-9-26(10-8-15)13-16-5-6-17(22)11-20(16)23/h2-6,11-12,15H,7-10,13H2,1H3,(H,24,27)(H,25,28). The van der Waals surface area contributed by atoms with Crippen LogP contribution in [-0.2, 0) is 16.1 Å². The molecule has 1 heterocycles. The predicted molar refractivity (Wildman–Crippen MR) is 114 cm³/mol. The lowest BCUT2D eigenvalue weighted by molar-refractivity contribution is -0.121. The molecule has 1 saturated heterocycles. The van der Waals surface area contributed by atoms with Gasteiger partial charge in [-0.1, -0.05) is 35.3 Å². The van der Waals surface area contributed by atoms with Crippen molar-refractivity contribution in [1.29, 1.82) is 0 Å². The molecule has 0 bridgehead atoms. The lowest BCUT2D eigenvalue weighted by atomic mass is 9.95. The molecular weight excluding hydrogens is 397 g/mol. The molecule has 0 aliphatic carbocycles. The second-order valence-corrected chi connectivity index (χ2v) is 7.88. The number of amides is 2. The largest absolute Gasteiger partial charge is 0.326 e. The minimum absolute atomic E-state index is 0.0177. The van der Waals surface area contributed by atoms with Gasteiger partial charge in [0.15, 0.2) is 0 Å². The summed E-state index contributed by atoms with van der Waals surface area (Å²) in [5, 5.41) is 6.98. The number of nitrogens with zero attached hydrogens (tertiary/aromatic N) is 1. The molecule has 2 N–H and O–H groups in total. The zero-order chi connectivity index (χ0) is 20.1. The van der Waals surface area contributed by atoms with Crippen molar-refractivity contribution in [3.63, 3.8) is 0 Å². The van der Waals surface area contributed by atoms with Crippen LogP contribution in [0.1, 0.15) is 25.3 Å². The quantitative estimate of drug-likeness (QED) is 0.731. The first-order chi connectivity index (χ1) is 13.4. The summed E-state index contributed by atoms with van der Waals surface area (Å²) in [7, 11) is 0. The predicted octanol–water partition coefficient (Wildman–Crippen LogP) is 4.80. The Morgan fingerprint density at radius 3 is 2.36 bits per heavy atom. The number of rotatable bonds is 5. The van der Waals surface area contributed by atoms with E-state index >= 15 is 0 Å². The van der Waals surface area contributed by atoms with Crippen LogP contribution in [0.2, 0.25) is 10.0 Å². The zero-order valence-corrected chi connectivity index (χ0v) is 17.2. The van der Waals surface area contributed by atoms with Gasteiger partial charge in [0, 0.05) is 40.8 Å². The minimum Gasteiger partial charge on any atom is -0.326 e. The van der Waals surface area contributed by atoms with Crippen molar-refractivity contribution in [2.24, 2.45) is 5.92 Å². The number of halogens is 2. The molecule has 148 valence electrons. The van der Waals surface area contributed by atoms with Gasteiger partial charge >= 0.3 is 0 Å². The van der Waals surface area contributed by atoms with Crippen LogP contribution in [0.5, 0.6) is 0 Å². The van der Waals surface area contributed by atoms with Gasteiger partial charge in [-0.25, -0.2) is 0 Å². The molecule has 0 aromatic heterocycles. The first-order valence-electron chi connectivity index (χ1n) is 9.25. The van der Waals surface area contributed by atoms with Gasteiger partial charge in [0.1, 0.15) is 0 Å². The number of benzene rings is 2. The lowest BCUT2D eigenvalue weighted by Gasteiger charge is -2.31. The van der Waals surface area contributed by atoms with Crippen LogP contribution in [0, 0.1) is 5.92 Å². The van der Waals surface area contributed by atoms with Crippen LogP contribution in [0.4, 0.5) is 11.4 Å². The Kier molecular flexibility index (Phi) is 6.94. The Morgan fingerprint density at radius 1 is 1.04 bits per heavy atom. The molecule has 1 aliphatic heterocycles. The smallest absolute Gasteiger partial charge is 0.227 e. The van der Waals surface area contributed by atoms with Crippen molar-refractivity contribution in [2.45, 2.75) is 26.3 Å². The third-order valence-electron chi connectivity index (χ3n) is 4.82. The maximum absolute atomic E-state index is 12.6. The van der Waals surface area contributed by atoms with E-state index in [4.69, 9.17) is 23.2 Å². The highest BCUT2D eigenvalue weighted by Gasteiger charge is 2.25. The second kappa shape index (κ2) is 9.41. The molecule has 3 rings (SSSR count). The van der Waals surface area contributed by atoms with E-state index in [1.165, 1.54) is 6.92 Å². The van der Waals surface area contributed by atoms with Crippen molar-refractivity contribution in [3.05, 3.63) is 58.1 Å². The summed E-state index contributed by atoms with van der Waals surface area (Å²) in [4.78, 5) is 26.1. The number of hydrogen-bond acceptors (Lipinski definition) is 3. The van der Waals surface area contributed by atoms with E-state index in [0.29, 0.717) is 21.4 Å². The van der Waals surface area contributed by atoms with Gasteiger partial charge in [0.05, 0.1) is 0 Å². The van der Waals surface area contributed by atoms with Crippen molar-refractivity contribution >= 4 is 46.4 Å². The average Bonchev–Trinajstić information content (AvgIpc) is 2.64. The SMILES string of the molecule is CC(=O)Nc1cccc(NC(=O)C2CCN(Cc3ccc(Cl)cc3Cl)CC2)c1. The fraction of sp³-hybridized carbons (Fsp3) is 0.333. The van der Waals surface area contributed by atoms with Crippen LogP contribution in [0.25, 0.3) is 0 Å². The maximum atomic E-state index is 12.6. The summed E-state index contributed by atoms with van der Waals surface area (Å²) in [6, 6.07) is 12.7. The summed E-state index contributed by atoms with van der Waals surface area (Å²) >= 11 is 12.2. The summed E-state index contributed by atoms with van der Waals surface area (Å²) < 4.78 is 0. The van der Waals surface area contributed by atoms with E-state index in [2.05, 4.69) is 15.5 Å². The molecule has 2 amide bonds. The van der Waals surface area contributed by atoms with Gasteiger partial charge in [-0.05, 0) is 61.8 Å². The van der Waals surface area contributed by atoms with Crippen LogP contribution < -0.4 is 10.6 Å². The molecule has 7 heteroatoms.